The number of carboxylic acid groups (broad SMARTS) is 1. The molecule has 28 heavy (non-hydrogen) atoms. The van der Waals surface area contributed by atoms with E-state index in [1.165, 1.54) is 22.9 Å². The van der Waals surface area contributed by atoms with Crippen molar-refractivity contribution in [1.82, 2.24) is 3.56 Å². The van der Waals surface area contributed by atoms with Crippen molar-refractivity contribution in [3.05, 3.63) is 65.0 Å². The van der Waals surface area contributed by atoms with Gasteiger partial charge in [-0.05, 0) is 19.3 Å². The van der Waals surface area contributed by atoms with Gasteiger partial charge in [-0.3, -0.25) is 4.79 Å². The summed E-state index contributed by atoms with van der Waals surface area (Å²) in [7, 11) is 3.92. The first kappa shape index (κ1) is 21.3. The summed E-state index contributed by atoms with van der Waals surface area (Å²) < 4.78 is 3.04. The van der Waals surface area contributed by atoms with Crippen molar-refractivity contribution in [2.24, 2.45) is 0 Å². The monoisotopic (exact) mass is 481 g/mol. The molecule has 0 spiro atoms. The van der Waals surface area contributed by atoms with E-state index in [0.717, 1.165) is 29.2 Å². The van der Waals surface area contributed by atoms with Gasteiger partial charge in [0.05, 0.1) is 0 Å². The SMILES string of the molecule is O=C(O)CCCCC1CCSS1.O=c1c2ccccc2[se]n1-c1ccccc1. The Morgan fingerprint density at radius 2 is 1.86 bits per heavy atom. The Morgan fingerprint density at radius 1 is 1.11 bits per heavy atom. The third-order valence-electron chi connectivity index (χ3n) is 4.38. The van der Waals surface area contributed by atoms with Crippen molar-refractivity contribution in [3.8, 4) is 5.69 Å². The summed E-state index contributed by atoms with van der Waals surface area (Å²) in [5.74, 6) is 0.609. The summed E-state index contributed by atoms with van der Waals surface area (Å²) >= 11 is 0.0784. The topological polar surface area (TPSA) is 59.3 Å². The Kier molecular flexibility index (Phi) is 8.34. The summed E-state index contributed by atoms with van der Waals surface area (Å²) in [6.45, 7) is 0. The Labute approximate surface area is 178 Å². The Hall–Kier alpha value is -1.40. The average Bonchev–Trinajstić information content (AvgIpc) is 3.35. The quantitative estimate of drug-likeness (QED) is 0.311. The standard InChI is InChI=1S/C13H9NOSe.C8H14O2S2/c15-13-11-8-4-5-9-12(11)16-14(13)10-6-2-1-3-7-10;9-8(10)4-2-1-3-7-5-6-11-12-7/h1-9H;7H,1-6H2,(H,9,10). The zero-order valence-electron chi connectivity index (χ0n) is 15.5. The summed E-state index contributed by atoms with van der Waals surface area (Å²) in [6, 6.07) is 17.7. The molecule has 0 aliphatic carbocycles. The van der Waals surface area contributed by atoms with Gasteiger partial charge in [0, 0.05) is 17.4 Å². The molecule has 3 aromatic rings. The minimum atomic E-state index is -0.663. The summed E-state index contributed by atoms with van der Waals surface area (Å²) in [5, 5.41) is 10.0. The van der Waals surface area contributed by atoms with E-state index in [-0.39, 0.29) is 20.3 Å². The third-order valence-corrected chi connectivity index (χ3v) is 9.72. The van der Waals surface area contributed by atoms with E-state index in [2.05, 4.69) is 0 Å². The van der Waals surface area contributed by atoms with Crippen LogP contribution in [0, 0.1) is 0 Å². The van der Waals surface area contributed by atoms with E-state index < -0.39 is 5.97 Å². The van der Waals surface area contributed by atoms with Crippen LogP contribution in [0.25, 0.3) is 15.3 Å². The molecule has 1 fully saturated rings. The normalized spacial score (nSPS) is 15.9. The van der Waals surface area contributed by atoms with Crippen molar-refractivity contribution in [2.75, 3.05) is 5.75 Å². The van der Waals surface area contributed by atoms with Gasteiger partial charge >= 0.3 is 105 Å². The molecule has 1 atom stereocenters. The van der Waals surface area contributed by atoms with Gasteiger partial charge in [-0.25, -0.2) is 0 Å². The van der Waals surface area contributed by atoms with Crippen LogP contribution in [-0.4, -0.2) is 40.4 Å². The number of hydrogen-bond donors (Lipinski definition) is 1. The van der Waals surface area contributed by atoms with Gasteiger partial charge in [-0.1, -0.05) is 28.0 Å². The number of benzene rings is 2. The fourth-order valence-electron chi connectivity index (χ4n) is 2.92. The molecule has 0 saturated carbocycles. The van der Waals surface area contributed by atoms with Gasteiger partial charge in [-0.15, -0.1) is 0 Å². The predicted molar refractivity (Wildman–Crippen MR) is 121 cm³/mol. The van der Waals surface area contributed by atoms with E-state index in [1.807, 2.05) is 79.7 Å². The average molecular weight is 481 g/mol. The van der Waals surface area contributed by atoms with Gasteiger partial charge < -0.3 is 5.11 Å². The summed E-state index contributed by atoms with van der Waals surface area (Å²) in [6.07, 6.45) is 4.76. The Bertz CT molecular complexity index is 949. The molecule has 0 amide bonds. The molecule has 1 N–H and O–H groups in total. The van der Waals surface area contributed by atoms with Crippen LogP contribution < -0.4 is 5.56 Å². The Morgan fingerprint density at radius 3 is 2.54 bits per heavy atom. The molecular formula is C21H23NO3S2Se. The van der Waals surface area contributed by atoms with Crippen LogP contribution in [0.1, 0.15) is 32.1 Å². The second-order valence-corrected chi connectivity index (χ2v) is 11.4. The number of rotatable bonds is 6. The van der Waals surface area contributed by atoms with E-state index in [4.69, 9.17) is 5.11 Å². The first-order chi connectivity index (χ1) is 13.6. The van der Waals surface area contributed by atoms with Crippen molar-refractivity contribution >= 4 is 51.9 Å². The first-order valence-corrected chi connectivity index (χ1v) is 13.3. The van der Waals surface area contributed by atoms with Crippen molar-refractivity contribution in [2.45, 2.75) is 37.4 Å². The Balaban J connectivity index is 0.000000169. The fraction of sp³-hybridized carbons (Fsp3) is 0.333. The summed E-state index contributed by atoms with van der Waals surface area (Å²) in [4.78, 5) is 22.3. The molecule has 148 valence electrons. The molecule has 7 heteroatoms. The zero-order chi connectivity index (χ0) is 19.8. The van der Waals surface area contributed by atoms with Crippen LogP contribution in [0.5, 0.6) is 0 Å². The second kappa shape index (κ2) is 11.0. The number of aliphatic carboxylic acids is 1. The number of carbonyl (C=O) groups is 1. The van der Waals surface area contributed by atoms with Crippen LogP contribution in [0.3, 0.4) is 0 Å². The van der Waals surface area contributed by atoms with Crippen molar-refractivity contribution in [3.63, 3.8) is 0 Å². The second-order valence-electron chi connectivity index (χ2n) is 6.49. The number of para-hydroxylation sites is 1. The molecule has 0 bridgehead atoms. The number of hydrogen-bond acceptors (Lipinski definition) is 4. The van der Waals surface area contributed by atoms with E-state index in [0.29, 0.717) is 6.42 Å². The predicted octanol–water partition coefficient (Wildman–Crippen LogP) is 4.83. The maximum absolute atomic E-state index is 12.1. The third kappa shape index (κ3) is 6.05. The molecule has 4 nitrogen and oxygen atoms in total. The van der Waals surface area contributed by atoms with Crippen LogP contribution in [-0.2, 0) is 4.79 Å². The number of aromatic nitrogens is 1. The van der Waals surface area contributed by atoms with Crippen LogP contribution in [0.2, 0.25) is 0 Å². The van der Waals surface area contributed by atoms with Crippen LogP contribution in [0.15, 0.2) is 59.4 Å². The van der Waals surface area contributed by atoms with Gasteiger partial charge in [0.1, 0.15) is 0 Å². The molecule has 2 aromatic carbocycles. The zero-order valence-corrected chi connectivity index (χ0v) is 18.8. The summed E-state index contributed by atoms with van der Waals surface area (Å²) in [5.41, 5.74) is 1.12. The number of nitrogens with zero attached hydrogens (tertiary/aromatic N) is 1. The van der Waals surface area contributed by atoms with Crippen LogP contribution >= 0.6 is 21.6 Å². The molecular weight excluding hydrogens is 457 g/mol. The molecule has 4 rings (SSSR count). The number of carboxylic acids is 1. The number of fused-ring (bicyclic) bond motifs is 1. The molecule has 1 saturated heterocycles. The molecule has 1 aliphatic heterocycles. The molecule has 1 aromatic heterocycles. The molecule has 0 radical (unpaired) electrons. The van der Waals surface area contributed by atoms with Crippen LogP contribution in [0.4, 0.5) is 0 Å². The number of unbranched alkanes of at least 4 members (excludes halogenated alkanes) is 1. The molecule has 1 aliphatic rings. The molecule has 2 heterocycles. The first-order valence-electron chi connectivity index (χ1n) is 9.31. The van der Waals surface area contributed by atoms with Crippen molar-refractivity contribution < 1.29 is 9.90 Å². The van der Waals surface area contributed by atoms with E-state index in [1.54, 1.807) is 0 Å². The fourth-order valence-corrected chi connectivity index (χ4v) is 8.04. The van der Waals surface area contributed by atoms with Gasteiger partial charge in [0.15, 0.2) is 0 Å². The van der Waals surface area contributed by atoms with Crippen molar-refractivity contribution in [1.29, 1.82) is 0 Å². The van der Waals surface area contributed by atoms with Gasteiger partial charge in [-0.2, -0.15) is 0 Å². The van der Waals surface area contributed by atoms with E-state index in [9.17, 15) is 9.59 Å². The maximum atomic E-state index is 12.1. The van der Waals surface area contributed by atoms with Gasteiger partial charge in [0.25, 0.3) is 0 Å². The van der Waals surface area contributed by atoms with Gasteiger partial charge in [0.2, 0.25) is 0 Å². The molecule has 1 unspecified atom stereocenters. The van der Waals surface area contributed by atoms with E-state index >= 15 is 0 Å². The minimum absolute atomic E-state index is 0.0784.